The van der Waals surface area contributed by atoms with Crippen LogP contribution < -0.4 is 15.4 Å². The molecule has 44 heavy (non-hydrogen) atoms. The van der Waals surface area contributed by atoms with Crippen molar-refractivity contribution in [2.24, 2.45) is 11.8 Å². The first kappa shape index (κ1) is 31.9. The quantitative estimate of drug-likeness (QED) is 0.244. The third-order valence-electron chi connectivity index (χ3n) is 9.90. The van der Waals surface area contributed by atoms with Gasteiger partial charge in [-0.05, 0) is 55.2 Å². The number of methoxy groups -OCH3 is 3. The molecule has 1 saturated heterocycles. The first-order valence-corrected chi connectivity index (χ1v) is 16.2. The number of carbonyl (C=O) groups excluding carboxylic acids is 3. The first-order chi connectivity index (χ1) is 21.4. The molecule has 1 aliphatic carbocycles. The number of aromatic nitrogens is 1. The molecule has 0 bridgehead atoms. The second kappa shape index (κ2) is 14.5. The zero-order valence-corrected chi connectivity index (χ0v) is 26.7. The maximum absolute atomic E-state index is 14.1. The zero-order chi connectivity index (χ0) is 31.2. The van der Waals surface area contributed by atoms with Crippen LogP contribution >= 0.6 is 0 Å². The van der Waals surface area contributed by atoms with Crippen molar-refractivity contribution >= 4 is 28.8 Å². The minimum atomic E-state index is -0.393. The van der Waals surface area contributed by atoms with Crippen molar-refractivity contribution in [1.82, 2.24) is 20.1 Å². The van der Waals surface area contributed by atoms with Gasteiger partial charge in [-0.1, -0.05) is 51.5 Å². The molecule has 0 spiro atoms. The molecule has 3 heterocycles. The van der Waals surface area contributed by atoms with Crippen LogP contribution in [0.3, 0.4) is 0 Å². The van der Waals surface area contributed by atoms with E-state index < -0.39 is 5.97 Å². The van der Waals surface area contributed by atoms with Crippen molar-refractivity contribution in [3.05, 3.63) is 41.3 Å². The SMILES string of the molecule is CCC1CN2CCc3c(n(C(=O)NCC(=O)NC4CCCCCCC4)c4cccc(OC)c34)C2CC1/C(=C\OC)C(=O)OC. The summed E-state index contributed by atoms with van der Waals surface area (Å²) in [5.74, 6) is 0.283. The van der Waals surface area contributed by atoms with Gasteiger partial charge >= 0.3 is 12.0 Å². The summed E-state index contributed by atoms with van der Waals surface area (Å²) in [5, 5.41) is 7.01. The van der Waals surface area contributed by atoms with Crippen LogP contribution in [-0.2, 0) is 25.5 Å². The van der Waals surface area contributed by atoms with E-state index in [0.717, 1.165) is 73.8 Å². The topological polar surface area (TPSA) is 111 Å². The number of esters is 1. The standard InChI is InChI=1S/C34H48N4O6/c1-5-22-20-37-17-16-24-31-27(14-11-15-29(31)43-3)38(32(24)28(37)18-25(22)26(21-42-2)33(40)44-4)34(41)35-19-30(39)36-23-12-9-7-6-8-10-13-23/h11,14-15,21-23,25,28H,5-10,12-13,16-20H2,1-4H3,(H,35,41)(H,36,39)/b26-21+. The second-order valence-electron chi connectivity index (χ2n) is 12.4. The number of piperidine rings is 1. The molecule has 10 nitrogen and oxygen atoms in total. The summed E-state index contributed by atoms with van der Waals surface area (Å²) in [6.45, 7) is 3.68. The summed E-state index contributed by atoms with van der Waals surface area (Å²) < 4.78 is 18.0. The number of nitrogens with zero attached hydrogens (tertiary/aromatic N) is 2. The molecule has 3 atom stereocenters. The Hall–Kier alpha value is -3.53. The van der Waals surface area contributed by atoms with Crippen molar-refractivity contribution < 1.29 is 28.6 Å². The fourth-order valence-corrected chi connectivity index (χ4v) is 7.76. The summed E-state index contributed by atoms with van der Waals surface area (Å²) in [6, 6.07) is 5.45. The number of fused-ring (bicyclic) bond motifs is 5. The average molecular weight is 609 g/mol. The molecule has 3 aliphatic rings. The number of ether oxygens (including phenoxy) is 3. The summed E-state index contributed by atoms with van der Waals surface area (Å²) >= 11 is 0. The van der Waals surface area contributed by atoms with Gasteiger partial charge in [-0.2, -0.15) is 0 Å². The van der Waals surface area contributed by atoms with Gasteiger partial charge < -0.3 is 24.8 Å². The predicted molar refractivity (Wildman–Crippen MR) is 169 cm³/mol. The molecule has 240 valence electrons. The van der Waals surface area contributed by atoms with E-state index in [1.807, 2.05) is 18.2 Å². The number of amides is 2. The molecule has 2 N–H and O–H groups in total. The van der Waals surface area contributed by atoms with Crippen LogP contribution in [0.2, 0.25) is 0 Å². The first-order valence-electron chi connectivity index (χ1n) is 16.2. The Kier molecular flexibility index (Phi) is 10.5. The second-order valence-corrected chi connectivity index (χ2v) is 12.4. The highest BCUT2D eigenvalue weighted by Crippen LogP contribution is 2.48. The molecule has 2 amide bonds. The van der Waals surface area contributed by atoms with E-state index in [2.05, 4.69) is 22.5 Å². The fraction of sp³-hybridized carbons (Fsp3) is 0.618. The molecule has 2 aromatic rings. The molecule has 0 radical (unpaired) electrons. The lowest BCUT2D eigenvalue weighted by atomic mass is 9.74. The van der Waals surface area contributed by atoms with E-state index in [9.17, 15) is 14.4 Å². The molecule has 1 aromatic carbocycles. The zero-order valence-electron chi connectivity index (χ0n) is 26.7. The monoisotopic (exact) mass is 608 g/mol. The number of nitrogens with one attached hydrogen (secondary N) is 2. The number of carbonyl (C=O) groups is 3. The molecule has 2 aliphatic heterocycles. The average Bonchev–Trinajstić information content (AvgIpc) is 3.38. The molecule has 10 heteroatoms. The molecule has 3 unspecified atom stereocenters. The van der Waals surface area contributed by atoms with Crippen LogP contribution in [0.25, 0.3) is 10.9 Å². The maximum atomic E-state index is 14.1. The van der Waals surface area contributed by atoms with Gasteiger partial charge in [0.1, 0.15) is 5.75 Å². The Balaban J connectivity index is 1.47. The van der Waals surface area contributed by atoms with Crippen molar-refractivity contribution in [3.8, 4) is 5.75 Å². The normalized spacial score (nSPS) is 23.1. The van der Waals surface area contributed by atoms with Gasteiger partial charge in [0.15, 0.2) is 0 Å². The molecular formula is C34H48N4O6. The van der Waals surface area contributed by atoms with Crippen LogP contribution in [0.15, 0.2) is 30.0 Å². The largest absolute Gasteiger partial charge is 0.504 e. The Bertz CT molecular complexity index is 1380. The Morgan fingerprint density at radius 2 is 1.80 bits per heavy atom. The number of benzene rings is 1. The summed E-state index contributed by atoms with van der Waals surface area (Å²) in [4.78, 5) is 42.4. The maximum Gasteiger partial charge on any atom is 0.337 e. The highest BCUT2D eigenvalue weighted by atomic mass is 16.5. The van der Waals surface area contributed by atoms with E-state index in [1.165, 1.54) is 32.6 Å². The van der Waals surface area contributed by atoms with Crippen LogP contribution in [0.5, 0.6) is 5.75 Å². The summed E-state index contributed by atoms with van der Waals surface area (Å²) in [5.41, 5.74) is 3.25. The third kappa shape index (κ3) is 6.46. The van der Waals surface area contributed by atoms with Gasteiger partial charge in [-0.25, -0.2) is 9.59 Å². The number of hydrogen-bond donors (Lipinski definition) is 2. The van der Waals surface area contributed by atoms with Gasteiger partial charge in [0, 0.05) is 30.2 Å². The minimum absolute atomic E-state index is 0.0915. The van der Waals surface area contributed by atoms with Gasteiger partial charge in [0.2, 0.25) is 5.91 Å². The smallest absolute Gasteiger partial charge is 0.337 e. The highest BCUT2D eigenvalue weighted by molar-refractivity contribution is 6.00. The van der Waals surface area contributed by atoms with E-state index in [-0.39, 0.29) is 42.4 Å². The van der Waals surface area contributed by atoms with Crippen molar-refractivity contribution in [1.29, 1.82) is 0 Å². The highest BCUT2D eigenvalue weighted by Gasteiger charge is 2.44. The van der Waals surface area contributed by atoms with Gasteiger partial charge in [-0.3, -0.25) is 14.3 Å². The Morgan fingerprint density at radius 3 is 2.48 bits per heavy atom. The van der Waals surface area contributed by atoms with Crippen LogP contribution in [0.1, 0.15) is 82.0 Å². The Labute approximate surface area is 260 Å². The van der Waals surface area contributed by atoms with E-state index >= 15 is 0 Å². The van der Waals surface area contributed by atoms with E-state index in [1.54, 1.807) is 18.8 Å². The molecular weight excluding hydrogens is 560 g/mol. The van der Waals surface area contributed by atoms with Gasteiger partial charge in [0.25, 0.3) is 0 Å². The third-order valence-corrected chi connectivity index (χ3v) is 9.90. The number of rotatable bonds is 8. The van der Waals surface area contributed by atoms with Crippen LogP contribution in [-0.4, -0.2) is 74.4 Å². The summed E-state index contributed by atoms with van der Waals surface area (Å²) in [7, 11) is 4.58. The fourth-order valence-electron chi connectivity index (χ4n) is 7.76. The van der Waals surface area contributed by atoms with Crippen molar-refractivity contribution in [2.45, 2.75) is 83.2 Å². The Morgan fingerprint density at radius 1 is 1.05 bits per heavy atom. The van der Waals surface area contributed by atoms with Crippen molar-refractivity contribution in [2.75, 3.05) is 41.0 Å². The van der Waals surface area contributed by atoms with E-state index in [0.29, 0.717) is 17.7 Å². The lowest BCUT2D eigenvalue weighted by molar-refractivity contribution is -0.137. The lowest BCUT2D eigenvalue weighted by Crippen LogP contribution is -2.48. The molecule has 2 fully saturated rings. The van der Waals surface area contributed by atoms with Gasteiger partial charge in [0.05, 0.1) is 51.3 Å². The lowest BCUT2D eigenvalue weighted by Gasteiger charge is -2.47. The number of hydrogen-bond acceptors (Lipinski definition) is 7. The molecule has 1 saturated carbocycles. The minimum Gasteiger partial charge on any atom is -0.504 e. The molecule has 1 aromatic heterocycles. The predicted octanol–water partition coefficient (Wildman–Crippen LogP) is 5.09. The van der Waals surface area contributed by atoms with Crippen LogP contribution in [0, 0.1) is 11.8 Å². The van der Waals surface area contributed by atoms with Crippen molar-refractivity contribution in [3.63, 3.8) is 0 Å². The van der Waals surface area contributed by atoms with Crippen LogP contribution in [0.4, 0.5) is 4.79 Å². The summed E-state index contributed by atoms with van der Waals surface area (Å²) in [6.07, 6.45) is 11.7. The van der Waals surface area contributed by atoms with Gasteiger partial charge in [-0.15, -0.1) is 0 Å². The van der Waals surface area contributed by atoms with E-state index in [4.69, 9.17) is 14.2 Å². The molecule has 5 rings (SSSR count).